The first-order chi connectivity index (χ1) is 16.0. The quantitative estimate of drug-likeness (QED) is 0.315. The molecular formula is C23H19BrFN7O. The van der Waals surface area contributed by atoms with Gasteiger partial charge < -0.3 is 10.2 Å². The van der Waals surface area contributed by atoms with E-state index in [2.05, 4.69) is 36.8 Å². The van der Waals surface area contributed by atoms with E-state index in [0.717, 1.165) is 41.2 Å². The van der Waals surface area contributed by atoms with Crippen molar-refractivity contribution in [1.29, 1.82) is 5.41 Å². The molecule has 166 valence electrons. The normalized spacial score (nSPS) is 13.5. The minimum absolute atomic E-state index is 0.00381. The summed E-state index contributed by atoms with van der Waals surface area (Å²) in [6, 6.07) is 15.8. The van der Waals surface area contributed by atoms with Gasteiger partial charge >= 0.3 is 0 Å². The van der Waals surface area contributed by atoms with Gasteiger partial charge in [-0.05, 0) is 76.5 Å². The number of nitrogens with one attached hydrogen (secondary N) is 2. The summed E-state index contributed by atoms with van der Waals surface area (Å²) in [4.78, 5) is 14.8. The van der Waals surface area contributed by atoms with Crippen molar-refractivity contribution in [1.82, 2.24) is 25.1 Å². The highest BCUT2D eigenvalue weighted by Crippen LogP contribution is 2.23. The Hall–Kier alpha value is -3.66. The summed E-state index contributed by atoms with van der Waals surface area (Å²) in [6.07, 6.45) is 2.06. The molecule has 1 saturated heterocycles. The number of likely N-dealkylation sites (tertiary alicyclic amines) is 1. The molecule has 1 aliphatic rings. The zero-order valence-corrected chi connectivity index (χ0v) is 19.0. The van der Waals surface area contributed by atoms with Crippen LogP contribution in [0.25, 0.3) is 16.5 Å². The fourth-order valence-corrected chi connectivity index (χ4v) is 4.28. The highest BCUT2D eigenvalue weighted by atomic mass is 79.9. The van der Waals surface area contributed by atoms with Crippen molar-refractivity contribution in [2.75, 3.05) is 18.4 Å². The van der Waals surface area contributed by atoms with E-state index in [4.69, 9.17) is 5.41 Å². The summed E-state index contributed by atoms with van der Waals surface area (Å²) >= 11 is 3.45. The number of benzene rings is 3. The number of rotatable bonds is 4. The molecule has 0 spiro atoms. The van der Waals surface area contributed by atoms with Crippen molar-refractivity contribution in [2.45, 2.75) is 12.8 Å². The molecule has 33 heavy (non-hydrogen) atoms. The van der Waals surface area contributed by atoms with Crippen LogP contribution in [0.15, 0.2) is 59.1 Å². The maximum Gasteiger partial charge on any atom is 0.295 e. The van der Waals surface area contributed by atoms with Crippen molar-refractivity contribution >= 4 is 44.1 Å². The lowest BCUT2D eigenvalue weighted by molar-refractivity contribution is 0.101. The first-order valence-electron chi connectivity index (χ1n) is 10.4. The van der Waals surface area contributed by atoms with E-state index in [1.807, 2.05) is 35.2 Å². The Morgan fingerprint density at radius 3 is 2.58 bits per heavy atom. The minimum atomic E-state index is -0.642. The molecule has 2 heterocycles. The fourth-order valence-electron chi connectivity index (χ4n) is 3.90. The SMILES string of the molecule is N=C(c1ccc(NC(=O)c2nnnn2-c2ccc3cc(Br)ccc3c2)c(F)c1)N1CCCC1. The van der Waals surface area contributed by atoms with Crippen molar-refractivity contribution in [3.63, 3.8) is 0 Å². The molecular weight excluding hydrogens is 489 g/mol. The number of halogens is 2. The molecule has 5 rings (SSSR count). The summed E-state index contributed by atoms with van der Waals surface area (Å²) in [5, 5.41) is 24.2. The van der Waals surface area contributed by atoms with Crippen LogP contribution in [0.5, 0.6) is 0 Å². The predicted molar refractivity (Wildman–Crippen MR) is 126 cm³/mol. The second kappa shape index (κ2) is 8.70. The van der Waals surface area contributed by atoms with Crippen LogP contribution in [-0.2, 0) is 0 Å². The van der Waals surface area contributed by atoms with Crippen LogP contribution in [0.3, 0.4) is 0 Å². The number of carbonyl (C=O) groups excluding carboxylic acids is 1. The van der Waals surface area contributed by atoms with Crippen molar-refractivity contribution < 1.29 is 9.18 Å². The summed E-state index contributed by atoms with van der Waals surface area (Å²) in [5.41, 5.74) is 1.07. The van der Waals surface area contributed by atoms with Gasteiger partial charge in [0.2, 0.25) is 5.82 Å². The van der Waals surface area contributed by atoms with Gasteiger partial charge in [-0.15, -0.1) is 5.10 Å². The van der Waals surface area contributed by atoms with Crippen LogP contribution in [0.2, 0.25) is 0 Å². The zero-order chi connectivity index (χ0) is 22.9. The number of anilines is 1. The molecule has 1 aliphatic heterocycles. The van der Waals surface area contributed by atoms with Crippen LogP contribution in [-0.4, -0.2) is 49.9 Å². The molecule has 0 radical (unpaired) electrons. The lowest BCUT2D eigenvalue weighted by Crippen LogP contribution is -2.27. The van der Waals surface area contributed by atoms with E-state index in [-0.39, 0.29) is 17.3 Å². The number of hydrogen-bond donors (Lipinski definition) is 2. The Morgan fingerprint density at radius 2 is 1.79 bits per heavy atom. The monoisotopic (exact) mass is 507 g/mol. The van der Waals surface area contributed by atoms with E-state index >= 15 is 0 Å². The average molecular weight is 508 g/mol. The van der Waals surface area contributed by atoms with Gasteiger partial charge in [-0.25, -0.2) is 4.39 Å². The Morgan fingerprint density at radius 1 is 1.03 bits per heavy atom. The van der Waals surface area contributed by atoms with E-state index in [0.29, 0.717) is 11.3 Å². The Balaban J connectivity index is 1.38. The standard InChI is InChI=1S/C23H19BrFN7O/c24-17-6-3-15-12-18(7-4-14(15)11-17)32-22(28-29-30-32)23(33)27-20-8-5-16(13-19(20)25)21(26)31-9-1-2-10-31/h3-8,11-13,26H,1-2,9-10H2,(H,27,33). The molecule has 2 N–H and O–H groups in total. The zero-order valence-electron chi connectivity index (χ0n) is 17.4. The second-order valence-corrected chi connectivity index (χ2v) is 8.70. The van der Waals surface area contributed by atoms with E-state index in [1.54, 1.807) is 12.1 Å². The third-order valence-electron chi connectivity index (χ3n) is 5.62. The van der Waals surface area contributed by atoms with Crippen LogP contribution in [0.1, 0.15) is 29.0 Å². The molecule has 8 nitrogen and oxygen atoms in total. The first kappa shape index (κ1) is 21.2. The molecule has 1 fully saturated rings. The number of nitrogens with zero attached hydrogens (tertiary/aromatic N) is 5. The predicted octanol–water partition coefficient (Wildman–Crippen LogP) is 4.39. The van der Waals surface area contributed by atoms with Gasteiger partial charge in [0.05, 0.1) is 11.4 Å². The number of tetrazole rings is 1. The van der Waals surface area contributed by atoms with Gasteiger partial charge in [0.25, 0.3) is 5.91 Å². The molecule has 0 bridgehead atoms. The van der Waals surface area contributed by atoms with Crippen LogP contribution < -0.4 is 5.32 Å². The maximum atomic E-state index is 14.7. The lowest BCUT2D eigenvalue weighted by Gasteiger charge is -2.18. The van der Waals surface area contributed by atoms with Crippen LogP contribution in [0, 0.1) is 11.2 Å². The Labute approximate surface area is 197 Å². The molecule has 0 aliphatic carbocycles. The van der Waals surface area contributed by atoms with Gasteiger partial charge in [-0.3, -0.25) is 10.2 Å². The Kier molecular flexibility index (Phi) is 5.59. The summed E-state index contributed by atoms with van der Waals surface area (Å²) in [5.74, 6) is -1.05. The average Bonchev–Trinajstić information content (AvgIpc) is 3.52. The van der Waals surface area contributed by atoms with Crippen molar-refractivity contribution in [2.24, 2.45) is 0 Å². The topological polar surface area (TPSA) is 99.8 Å². The smallest absolute Gasteiger partial charge is 0.295 e. The molecule has 10 heteroatoms. The van der Waals surface area contributed by atoms with Gasteiger partial charge in [0.1, 0.15) is 11.7 Å². The summed E-state index contributed by atoms with van der Waals surface area (Å²) in [7, 11) is 0. The molecule has 0 saturated carbocycles. The van der Waals surface area contributed by atoms with Crippen molar-refractivity contribution in [3.8, 4) is 5.69 Å². The highest BCUT2D eigenvalue weighted by molar-refractivity contribution is 9.10. The lowest BCUT2D eigenvalue weighted by atomic mass is 10.1. The second-order valence-electron chi connectivity index (χ2n) is 7.78. The molecule has 1 aromatic heterocycles. The molecule has 4 aromatic rings. The first-order valence-corrected chi connectivity index (χ1v) is 11.2. The minimum Gasteiger partial charge on any atom is -0.357 e. The highest BCUT2D eigenvalue weighted by Gasteiger charge is 2.21. The summed E-state index contributed by atoms with van der Waals surface area (Å²) < 4.78 is 17.0. The summed E-state index contributed by atoms with van der Waals surface area (Å²) in [6.45, 7) is 1.60. The van der Waals surface area contributed by atoms with E-state index in [9.17, 15) is 9.18 Å². The molecule has 0 unspecified atom stereocenters. The number of carbonyl (C=O) groups is 1. The van der Waals surface area contributed by atoms with E-state index in [1.165, 1.54) is 16.8 Å². The van der Waals surface area contributed by atoms with Crippen molar-refractivity contribution in [3.05, 3.63) is 76.3 Å². The van der Waals surface area contributed by atoms with Crippen LogP contribution >= 0.6 is 15.9 Å². The van der Waals surface area contributed by atoms with Gasteiger partial charge in [-0.2, -0.15) is 4.68 Å². The number of amidine groups is 1. The number of aromatic nitrogens is 4. The third-order valence-corrected chi connectivity index (χ3v) is 6.11. The third kappa shape index (κ3) is 4.21. The molecule has 0 atom stereocenters. The van der Waals surface area contributed by atoms with Gasteiger partial charge in [0, 0.05) is 23.1 Å². The molecule has 1 amide bonds. The fraction of sp³-hybridized carbons (Fsp3) is 0.174. The Bertz CT molecular complexity index is 1380. The van der Waals surface area contributed by atoms with Gasteiger partial charge in [0.15, 0.2) is 0 Å². The molecule has 3 aromatic carbocycles. The number of hydrogen-bond acceptors (Lipinski definition) is 5. The van der Waals surface area contributed by atoms with Crippen LogP contribution in [0.4, 0.5) is 10.1 Å². The maximum absolute atomic E-state index is 14.7. The largest absolute Gasteiger partial charge is 0.357 e. The van der Waals surface area contributed by atoms with E-state index < -0.39 is 11.7 Å². The number of fused-ring (bicyclic) bond motifs is 1. The van der Waals surface area contributed by atoms with Gasteiger partial charge in [-0.1, -0.05) is 28.1 Å². The number of amides is 1.